The van der Waals surface area contributed by atoms with Crippen LogP contribution in [0.15, 0.2) is 10.2 Å². The van der Waals surface area contributed by atoms with Gasteiger partial charge in [0.1, 0.15) is 0 Å². The van der Waals surface area contributed by atoms with E-state index in [2.05, 4.69) is 48.6 Å². The van der Waals surface area contributed by atoms with Crippen LogP contribution in [0.4, 0.5) is 39.5 Å². The Morgan fingerprint density at radius 3 is 1.52 bits per heavy atom. The minimum Gasteiger partial charge on any atom is -0.364 e. The fourth-order valence-corrected chi connectivity index (χ4v) is 1.82. The summed E-state index contributed by atoms with van der Waals surface area (Å²) < 4.78 is 118. The van der Waals surface area contributed by atoms with Crippen molar-refractivity contribution in [3.8, 4) is 0 Å². The van der Waals surface area contributed by atoms with E-state index >= 15 is 0 Å². The third kappa shape index (κ3) is 7.91. The van der Waals surface area contributed by atoms with Crippen LogP contribution in [0.1, 0.15) is 13.8 Å². The number of nitrogens with zero attached hydrogens (tertiary/aromatic N) is 2. The lowest BCUT2D eigenvalue weighted by atomic mass is 10.0. The number of alkyl halides is 9. The van der Waals surface area contributed by atoms with E-state index in [1.807, 2.05) is 0 Å². The van der Waals surface area contributed by atoms with Crippen molar-refractivity contribution in [3.05, 3.63) is 0 Å². The van der Waals surface area contributed by atoms with Gasteiger partial charge < -0.3 is 15.4 Å². The Hall–Kier alpha value is -1.95. The number of ether oxygens (including phenoxy) is 1. The fourth-order valence-electron chi connectivity index (χ4n) is 1.62. The van der Waals surface area contributed by atoms with Crippen LogP contribution in [0, 0.1) is 0 Å². The number of thiocarbonyl (C=S) groups is 2. The molecule has 0 aliphatic carbocycles. The Morgan fingerprint density at radius 1 is 0.774 bits per heavy atom. The van der Waals surface area contributed by atoms with Gasteiger partial charge in [-0.1, -0.05) is 0 Å². The third-order valence-corrected chi connectivity index (χ3v) is 3.84. The van der Waals surface area contributed by atoms with Crippen LogP contribution in [0.2, 0.25) is 0 Å². The molecule has 0 atom stereocenters. The average Bonchev–Trinajstić information content (AvgIpc) is 2.60. The van der Waals surface area contributed by atoms with Gasteiger partial charge in [-0.05, 0) is 38.3 Å². The molecule has 18 heteroatoms. The van der Waals surface area contributed by atoms with E-state index in [1.165, 1.54) is 13.8 Å². The highest BCUT2D eigenvalue weighted by atomic mass is 32.1. The summed E-state index contributed by atoms with van der Waals surface area (Å²) >= 11 is 9.46. The van der Waals surface area contributed by atoms with Crippen LogP contribution >= 0.6 is 24.4 Å². The summed E-state index contributed by atoms with van der Waals surface area (Å²) in [6.45, 7) is 0.428. The zero-order valence-corrected chi connectivity index (χ0v) is 17.6. The highest BCUT2D eigenvalue weighted by Gasteiger charge is 2.85. The summed E-state index contributed by atoms with van der Waals surface area (Å²) in [4.78, 5) is 0. The third-order valence-electron chi connectivity index (χ3n) is 3.30. The molecule has 0 fully saturated rings. The number of halogens is 9. The Morgan fingerprint density at radius 2 is 1.16 bits per heavy atom. The molecule has 7 nitrogen and oxygen atoms in total. The van der Waals surface area contributed by atoms with Crippen molar-refractivity contribution in [3.63, 3.8) is 0 Å². The molecule has 0 aliphatic heterocycles. The van der Waals surface area contributed by atoms with Gasteiger partial charge in [0.05, 0.1) is 18.0 Å². The lowest BCUT2D eigenvalue weighted by Gasteiger charge is -2.38. The molecule has 31 heavy (non-hydrogen) atoms. The number of hydrogen-bond acceptors (Lipinski definition) is 5. The van der Waals surface area contributed by atoms with E-state index in [4.69, 9.17) is 12.2 Å². The molecule has 0 saturated carbocycles. The van der Waals surface area contributed by atoms with Gasteiger partial charge >= 0.3 is 24.1 Å². The quantitative estimate of drug-likeness (QED) is 0.139. The van der Waals surface area contributed by atoms with E-state index in [0.717, 1.165) is 0 Å². The zero-order valence-electron chi connectivity index (χ0n) is 15.9. The average molecular weight is 508 g/mol. The van der Waals surface area contributed by atoms with Gasteiger partial charge in [-0.3, -0.25) is 10.9 Å². The number of rotatable bonds is 7. The first-order valence-corrected chi connectivity index (χ1v) is 8.67. The number of hydrogen-bond donors (Lipinski definition) is 4. The molecule has 0 rings (SSSR count). The second-order valence-corrected chi connectivity index (χ2v) is 6.29. The molecule has 0 saturated heterocycles. The van der Waals surface area contributed by atoms with Crippen molar-refractivity contribution in [2.24, 2.45) is 10.2 Å². The van der Waals surface area contributed by atoms with Crippen molar-refractivity contribution in [2.45, 2.75) is 38.0 Å². The fraction of sp³-hybridized carbons (Fsp3) is 0.692. The first-order chi connectivity index (χ1) is 13.9. The topological polar surface area (TPSA) is 82.1 Å². The Labute approximate surface area is 180 Å². The standard InChI is InChI=1S/C13H17F9N6OS2/c1-6(25-27-8(30)23-3)7(2)26-28-9(31)24-4-5-29-10(11(14,15)16,12(17,18)19)13(20,21)22/h4-5H2,1-3H3,(H2,23,27,30)(H2,24,28,31)/b25-6+,26-7+. The van der Waals surface area contributed by atoms with Crippen molar-refractivity contribution >= 4 is 46.1 Å². The molecule has 4 N–H and O–H groups in total. The maximum atomic E-state index is 12.7. The van der Waals surface area contributed by atoms with Gasteiger partial charge in [-0.15, -0.1) is 0 Å². The monoisotopic (exact) mass is 508 g/mol. The van der Waals surface area contributed by atoms with E-state index < -0.39 is 42.4 Å². The van der Waals surface area contributed by atoms with Crippen LogP contribution in [-0.2, 0) is 4.74 Å². The Bertz CT molecular complexity index is 667. The van der Waals surface area contributed by atoms with Crippen LogP contribution in [-0.4, -0.2) is 66.0 Å². The molecule has 0 aromatic rings. The lowest BCUT2D eigenvalue weighted by molar-refractivity contribution is -0.456. The van der Waals surface area contributed by atoms with Crippen LogP contribution in [0.5, 0.6) is 0 Å². The maximum absolute atomic E-state index is 12.7. The van der Waals surface area contributed by atoms with Crippen LogP contribution < -0.4 is 21.5 Å². The molecule has 0 aromatic heterocycles. The summed E-state index contributed by atoms with van der Waals surface area (Å²) in [6.07, 6.45) is -20.4. The summed E-state index contributed by atoms with van der Waals surface area (Å²) in [6, 6.07) is 0. The molecule has 0 aromatic carbocycles. The second-order valence-electron chi connectivity index (χ2n) is 5.48. The summed E-state index contributed by atoms with van der Waals surface area (Å²) in [5.41, 5.74) is -1.14. The van der Waals surface area contributed by atoms with Crippen molar-refractivity contribution < 1.29 is 44.3 Å². The highest BCUT2D eigenvalue weighted by Crippen LogP contribution is 2.54. The molecule has 0 amide bonds. The van der Waals surface area contributed by atoms with Gasteiger partial charge in [0.25, 0.3) is 0 Å². The van der Waals surface area contributed by atoms with Crippen LogP contribution in [0.3, 0.4) is 0 Å². The molecular formula is C13H17F9N6OS2. The van der Waals surface area contributed by atoms with Gasteiger partial charge in [0.15, 0.2) is 10.2 Å². The molecule has 0 bridgehead atoms. The first kappa shape index (κ1) is 29.1. The first-order valence-electron chi connectivity index (χ1n) is 7.85. The minimum absolute atomic E-state index is 0.199. The van der Waals surface area contributed by atoms with Gasteiger partial charge in [-0.25, -0.2) is 0 Å². The Kier molecular flexibility index (Phi) is 10.4. The van der Waals surface area contributed by atoms with Crippen molar-refractivity contribution in [2.75, 3.05) is 20.2 Å². The van der Waals surface area contributed by atoms with Gasteiger partial charge in [0, 0.05) is 13.6 Å². The molecule has 180 valence electrons. The SMILES string of the molecule is CNC(=S)N/N=C(C)/C(C)=N/NC(=S)NCCOC(C(F)(F)F)(C(F)(F)F)C(F)(F)F. The highest BCUT2D eigenvalue weighted by molar-refractivity contribution is 7.80. The summed E-state index contributed by atoms with van der Waals surface area (Å²) in [5, 5.41) is 12.0. The predicted octanol–water partition coefficient (Wildman–Crippen LogP) is 2.74. The van der Waals surface area contributed by atoms with Gasteiger partial charge in [0.2, 0.25) is 0 Å². The molecule has 0 spiro atoms. The largest absolute Gasteiger partial charge is 0.435 e. The molecule has 0 radical (unpaired) electrons. The van der Waals surface area contributed by atoms with Crippen LogP contribution in [0.25, 0.3) is 0 Å². The smallest absolute Gasteiger partial charge is 0.364 e. The molecule has 0 unspecified atom stereocenters. The molecular weight excluding hydrogens is 491 g/mol. The summed E-state index contributed by atoms with van der Waals surface area (Å²) in [5.74, 6) is 0. The van der Waals surface area contributed by atoms with Gasteiger partial charge in [-0.2, -0.15) is 49.7 Å². The van der Waals surface area contributed by atoms with E-state index in [1.54, 1.807) is 7.05 Å². The molecule has 0 aliphatic rings. The van der Waals surface area contributed by atoms with E-state index in [0.29, 0.717) is 5.71 Å². The van der Waals surface area contributed by atoms with E-state index in [-0.39, 0.29) is 10.8 Å². The number of hydrazone groups is 2. The summed E-state index contributed by atoms with van der Waals surface area (Å²) in [7, 11) is 1.54. The second kappa shape index (κ2) is 11.1. The normalized spacial score (nSPS) is 14.2. The van der Waals surface area contributed by atoms with Crippen molar-refractivity contribution in [1.29, 1.82) is 0 Å². The Balaban J connectivity index is 4.97. The van der Waals surface area contributed by atoms with Crippen molar-refractivity contribution in [1.82, 2.24) is 21.5 Å². The van der Waals surface area contributed by atoms with E-state index in [9.17, 15) is 39.5 Å². The number of nitrogens with one attached hydrogen (secondary N) is 4. The molecule has 0 heterocycles. The maximum Gasteiger partial charge on any atom is 0.435 e. The lowest BCUT2D eigenvalue weighted by Crippen LogP contribution is -2.68. The zero-order chi connectivity index (χ0) is 24.7. The predicted molar refractivity (Wildman–Crippen MR) is 102 cm³/mol. The minimum atomic E-state index is -6.80.